The molecule has 0 radical (unpaired) electrons. The number of sulfonamides is 2. The van der Waals surface area contributed by atoms with Gasteiger partial charge >= 0.3 is 0 Å². The van der Waals surface area contributed by atoms with E-state index in [1.54, 1.807) is 42.5 Å². The van der Waals surface area contributed by atoms with E-state index in [-0.39, 0.29) is 27.1 Å². The maximum atomic E-state index is 13.6. The minimum absolute atomic E-state index is 0.0467. The van der Waals surface area contributed by atoms with Crippen LogP contribution in [0.4, 0.5) is 17.1 Å². The summed E-state index contributed by atoms with van der Waals surface area (Å²) in [7, 11) is -5.21. The Morgan fingerprint density at radius 3 is 2.02 bits per heavy atom. The van der Waals surface area contributed by atoms with Crippen molar-refractivity contribution in [3.05, 3.63) is 103 Å². The zero-order chi connectivity index (χ0) is 31.2. The highest BCUT2D eigenvalue weighted by Gasteiger charge is 2.27. The molecule has 0 aliphatic heterocycles. The molecule has 0 spiro atoms. The fourth-order valence-corrected chi connectivity index (χ4v) is 6.71. The molecule has 0 unspecified atom stereocenters. The van der Waals surface area contributed by atoms with Crippen LogP contribution in [0, 0.1) is 0 Å². The molecular formula is C31H33N3O7S2. The molecule has 0 saturated carbocycles. The molecule has 0 heterocycles. The van der Waals surface area contributed by atoms with Crippen LogP contribution < -0.4 is 23.8 Å². The molecule has 10 nitrogen and oxygen atoms in total. The van der Waals surface area contributed by atoms with Gasteiger partial charge in [0.1, 0.15) is 18.0 Å². The van der Waals surface area contributed by atoms with E-state index >= 15 is 0 Å². The van der Waals surface area contributed by atoms with Crippen molar-refractivity contribution in [1.29, 1.82) is 0 Å². The molecule has 0 atom stereocenters. The molecule has 0 aromatic heterocycles. The molecule has 4 rings (SSSR count). The van der Waals surface area contributed by atoms with Gasteiger partial charge in [0, 0.05) is 11.8 Å². The van der Waals surface area contributed by atoms with Crippen molar-refractivity contribution in [2.24, 2.45) is 0 Å². The SMILES string of the molecule is COc1ccc(OC)c(NS(=O)(=O)c2ccc(NC(=O)CN(c3ccc(C(C)C)cc3)S(=O)(=O)c3ccccc3)cc2)c1. The first-order chi connectivity index (χ1) is 20.4. The highest BCUT2D eigenvalue weighted by atomic mass is 32.2. The number of benzene rings is 4. The number of hydrogen-bond donors (Lipinski definition) is 2. The standard InChI is InChI=1S/C31H33N3O7S2/c1-22(2)23-10-14-25(15-11-23)34(43(38,39)28-8-6-5-7-9-28)21-31(35)32-24-12-17-27(18-13-24)42(36,37)33-29-20-26(40-3)16-19-30(29)41-4/h5-20,22,33H,21H2,1-4H3,(H,32,35). The van der Waals surface area contributed by atoms with Gasteiger partial charge in [-0.1, -0.05) is 44.2 Å². The third kappa shape index (κ3) is 7.46. The second kappa shape index (κ2) is 13.2. The van der Waals surface area contributed by atoms with Crippen molar-refractivity contribution in [2.75, 3.05) is 35.1 Å². The van der Waals surface area contributed by atoms with Gasteiger partial charge in [-0.2, -0.15) is 0 Å². The van der Waals surface area contributed by atoms with Crippen LogP contribution in [0.15, 0.2) is 107 Å². The number of nitrogens with zero attached hydrogens (tertiary/aromatic N) is 1. The lowest BCUT2D eigenvalue weighted by Gasteiger charge is -2.24. The van der Waals surface area contributed by atoms with Gasteiger partial charge in [-0.15, -0.1) is 0 Å². The Morgan fingerprint density at radius 2 is 1.44 bits per heavy atom. The van der Waals surface area contributed by atoms with Gasteiger partial charge in [0.2, 0.25) is 5.91 Å². The van der Waals surface area contributed by atoms with Gasteiger partial charge in [-0.3, -0.25) is 13.8 Å². The van der Waals surface area contributed by atoms with E-state index in [4.69, 9.17) is 9.47 Å². The minimum atomic E-state index is -4.08. The van der Waals surface area contributed by atoms with Crippen molar-refractivity contribution in [3.63, 3.8) is 0 Å². The number of methoxy groups -OCH3 is 2. The predicted molar refractivity (Wildman–Crippen MR) is 167 cm³/mol. The zero-order valence-electron chi connectivity index (χ0n) is 24.1. The van der Waals surface area contributed by atoms with Crippen molar-refractivity contribution in [1.82, 2.24) is 0 Å². The topological polar surface area (TPSA) is 131 Å². The summed E-state index contributed by atoms with van der Waals surface area (Å²) in [6, 6.07) is 25.1. The fourth-order valence-electron chi connectivity index (χ4n) is 4.21. The monoisotopic (exact) mass is 623 g/mol. The Bertz CT molecular complexity index is 1780. The number of rotatable bonds is 12. The smallest absolute Gasteiger partial charge is 0.264 e. The van der Waals surface area contributed by atoms with E-state index in [1.807, 2.05) is 26.0 Å². The Morgan fingerprint density at radius 1 is 0.791 bits per heavy atom. The summed E-state index contributed by atoms with van der Waals surface area (Å²) in [4.78, 5) is 13.1. The van der Waals surface area contributed by atoms with Crippen LogP contribution in [0.2, 0.25) is 0 Å². The van der Waals surface area contributed by atoms with Gasteiger partial charge < -0.3 is 14.8 Å². The molecule has 0 bridgehead atoms. The molecule has 0 saturated heterocycles. The van der Waals surface area contributed by atoms with Crippen LogP contribution in [0.3, 0.4) is 0 Å². The number of carbonyl (C=O) groups is 1. The van der Waals surface area contributed by atoms with Gasteiger partial charge in [0.05, 0.1) is 35.4 Å². The lowest BCUT2D eigenvalue weighted by molar-refractivity contribution is -0.114. The van der Waals surface area contributed by atoms with Gasteiger partial charge in [0.25, 0.3) is 20.0 Å². The fraction of sp³-hybridized carbons (Fsp3) is 0.194. The molecule has 2 N–H and O–H groups in total. The second-order valence-corrected chi connectivity index (χ2v) is 13.4. The van der Waals surface area contributed by atoms with Crippen LogP contribution in [0.1, 0.15) is 25.3 Å². The summed E-state index contributed by atoms with van der Waals surface area (Å²) in [6.07, 6.45) is 0. The third-order valence-corrected chi connectivity index (χ3v) is 9.73. The van der Waals surface area contributed by atoms with Gasteiger partial charge in [-0.25, -0.2) is 16.8 Å². The Balaban J connectivity index is 1.54. The molecule has 0 fully saturated rings. The largest absolute Gasteiger partial charge is 0.497 e. The van der Waals surface area contributed by atoms with Crippen LogP contribution >= 0.6 is 0 Å². The molecule has 0 aliphatic carbocycles. The molecule has 1 amide bonds. The first-order valence-corrected chi connectivity index (χ1v) is 16.2. The second-order valence-electron chi connectivity index (χ2n) is 9.82. The van der Waals surface area contributed by atoms with Gasteiger partial charge in [-0.05, 0) is 72.1 Å². The zero-order valence-corrected chi connectivity index (χ0v) is 25.8. The Kier molecular flexibility index (Phi) is 9.62. The summed E-state index contributed by atoms with van der Waals surface area (Å²) in [5.41, 5.74) is 1.85. The van der Waals surface area contributed by atoms with Crippen molar-refractivity contribution < 1.29 is 31.1 Å². The van der Waals surface area contributed by atoms with Crippen LogP contribution in [-0.2, 0) is 24.8 Å². The number of nitrogens with one attached hydrogen (secondary N) is 2. The molecular weight excluding hydrogens is 590 g/mol. The third-order valence-electron chi connectivity index (χ3n) is 6.57. The first kappa shape index (κ1) is 31.4. The highest BCUT2D eigenvalue weighted by molar-refractivity contribution is 7.93. The average Bonchev–Trinajstić information content (AvgIpc) is 3.00. The van der Waals surface area contributed by atoms with Crippen LogP contribution in [0.5, 0.6) is 11.5 Å². The number of ether oxygens (including phenoxy) is 2. The number of hydrogen-bond acceptors (Lipinski definition) is 7. The van der Waals surface area contributed by atoms with Crippen LogP contribution in [-0.4, -0.2) is 43.5 Å². The Labute approximate surface area is 252 Å². The summed E-state index contributed by atoms with van der Waals surface area (Å²) in [5.74, 6) is 0.385. The lowest BCUT2D eigenvalue weighted by atomic mass is 10.0. The molecule has 226 valence electrons. The van der Waals surface area contributed by atoms with E-state index in [1.165, 1.54) is 56.7 Å². The maximum Gasteiger partial charge on any atom is 0.264 e. The summed E-state index contributed by atoms with van der Waals surface area (Å²) >= 11 is 0. The normalized spacial score (nSPS) is 11.6. The van der Waals surface area contributed by atoms with E-state index < -0.39 is 32.5 Å². The van der Waals surface area contributed by atoms with Crippen molar-refractivity contribution in [2.45, 2.75) is 29.6 Å². The summed E-state index contributed by atoms with van der Waals surface area (Å²) in [5, 5.41) is 2.66. The number of amides is 1. The lowest BCUT2D eigenvalue weighted by Crippen LogP contribution is -2.38. The quantitative estimate of drug-likeness (QED) is 0.214. The molecule has 43 heavy (non-hydrogen) atoms. The van der Waals surface area contributed by atoms with E-state index in [9.17, 15) is 21.6 Å². The van der Waals surface area contributed by atoms with Gasteiger partial charge in [0.15, 0.2) is 0 Å². The Hall–Kier alpha value is -4.55. The van der Waals surface area contributed by atoms with Crippen molar-refractivity contribution >= 4 is 43.0 Å². The van der Waals surface area contributed by atoms with Crippen LogP contribution in [0.25, 0.3) is 0 Å². The minimum Gasteiger partial charge on any atom is -0.497 e. The highest BCUT2D eigenvalue weighted by Crippen LogP contribution is 2.31. The van der Waals surface area contributed by atoms with Crippen molar-refractivity contribution in [3.8, 4) is 11.5 Å². The summed E-state index contributed by atoms with van der Waals surface area (Å²) < 4.78 is 67.2. The average molecular weight is 624 g/mol. The number of anilines is 3. The number of carbonyl (C=O) groups excluding carboxylic acids is 1. The van der Waals surface area contributed by atoms with E-state index in [0.717, 1.165) is 9.87 Å². The van der Waals surface area contributed by atoms with E-state index in [0.29, 0.717) is 17.2 Å². The van der Waals surface area contributed by atoms with E-state index in [2.05, 4.69) is 10.0 Å². The molecule has 0 aliphatic rings. The molecule has 4 aromatic carbocycles. The molecule has 4 aromatic rings. The predicted octanol–water partition coefficient (Wildman–Crippen LogP) is 5.46. The molecule has 12 heteroatoms. The first-order valence-electron chi connectivity index (χ1n) is 13.3. The summed E-state index contributed by atoms with van der Waals surface area (Å²) in [6.45, 7) is 3.56. The maximum absolute atomic E-state index is 13.6.